The van der Waals surface area contributed by atoms with Crippen LogP contribution in [0.2, 0.25) is 0 Å². The van der Waals surface area contributed by atoms with E-state index in [2.05, 4.69) is 15.5 Å². The molecule has 0 spiro atoms. The first-order valence-electron chi connectivity index (χ1n) is 10.4. The molecule has 172 valence electrons. The molecule has 7 nitrogen and oxygen atoms in total. The smallest absolute Gasteiger partial charge is 0.379 e. The summed E-state index contributed by atoms with van der Waals surface area (Å²) in [5.41, 5.74) is 0.330. The highest BCUT2D eigenvalue weighted by Gasteiger charge is 2.33. The molecule has 0 unspecified atom stereocenters. The van der Waals surface area contributed by atoms with Gasteiger partial charge in [-0.25, -0.2) is 0 Å². The summed E-state index contributed by atoms with van der Waals surface area (Å²) >= 11 is 0. The number of amides is 1. The summed E-state index contributed by atoms with van der Waals surface area (Å²) in [4.78, 5) is 24.7. The molecule has 2 aromatic carbocycles. The Morgan fingerprint density at radius 2 is 1.72 bits per heavy atom. The number of nitro groups is 1. The van der Waals surface area contributed by atoms with Crippen LogP contribution in [-0.2, 0) is 24.1 Å². The number of nitrogens with one attached hydrogen (secondary N) is 2. The van der Waals surface area contributed by atoms with E-state index in [1.54, 1.807) is 0 Å². The summed E-state index contributed by atoms with van der Waals surface area (Å²) < 4.78 is 38.3. The van der Waals surface area contributed by atoms with Crippen LogP contribution < -0.4 is 10.6 Å². The zero-order chi connectivity index (χ0) is 23.1. The van der Waals surface area contributed by atoms with Crippen molar-refractivity contribution in [3.8, 4) is 0 Å². The number of alkyl halides is 3. The molecule has 0 atom stereocenters. The van der Waals surface area contributed by atoms with Crippen molar-refractivity contribution in [2.75, 3.05) is 25.0 Å². The zero-order valence-corrected chi connectivity index (χ0v) is 17.5. The number of nitro benzene ring substituents is 1. The summed E-state index contributed by atoms with van der Waals surface area (Å²) in [5.74, 6) is -0.270. The van der Waals surface area contributed by atoms with Gasteiger partial charge in [-0.1, -0.05) is 24.3 Å². The normalized spacial score (nSPS) is 14.3. The fraction of sp³-hybridized carbons (Fsp3) is 0.409. The van der Waals surface area contributed by atoms with Gasteiger partial charge in [0.05, 0.1) is 10.5 Å². The van der Waals surface area contributed by atoms with E-state index in [-0.39, 0.29) is 24.6 Å². The number of hydrogen-bond donors (Lipinski definition) is 2. The van der Waals surface area contributed by atoms with Gasteiger partial charge < -0.3 is 10.6 Å². The molecular formula is C22H25F3N4O3. The Kier molecular flexibility index (Phi) is 7.68. The first-order chi connectivity index (χ1) is 15.2. The van der Waals surface area contributed by atoms with Gasteiger partial charge in [0.1, 0.15) is 5.69 Å². The van der Waals surface area contributed by atoms with Gasteiger partial charge in [-0.05, 0) is 49.2 Å². The van der Waals surface area contributed by atoms with Crippen LogP contribution in [0.3, 0.4) is 0 Å². The minimum atomic E-state index is -4.67. The van der Waals surface area contributed by atoms with Gasteiger partial charge in [-0.15, -0.1) is 0 Å². The molecule has 1 amide bonds. The van der Waals surface area contributed by atoms with E-state index in [4.69, 9.17) is 0 Å². The monoisotopic (exact) mass is 450 g/mol. The van der Waals surface area contributed by atoms with Gasteiger partial charge in [-0.3, -0.25) is 19.8 Å². The van der Waals surface area contributed by atoms with Crippen LogP contribution in [0.5, 0.6) is 0 Å². The van der Waals surface area contributed by atoms with Gasteiger partial charge in [0.25, 0.3) is 5.69 Å². The summed E-state index contributed by atoms with van der Waals surface area (Å²) in [6, 6.07) is 10.3. The van der Waals surface area contributed by atoms with Crippen molar-refractivity contribution in [2.24, 2.45) is 0 Å². The zero-order valence-electron chi connectivity index (χ0n) is 17.5. The minimum Gasteiger partial charge on any atom is -0.379 e. The fourth-order valence-electron chi connectivity index (χ4n) is 3.57. The summed E-state index contributed by atoms with van der Waals surface area (Å²) in [6.07, 6.45) is -2.17. The SMILES string of the molecule is O=C(CCNc1ccc(C(F)(F)F)cc1[N+](=O)[O-])NCc1ccc(CN2CCCC2)cc1. The molecule has 0 bridgehead atoms. The number of benzene rings is 2. The van der Waals surface area contributed by atoms with Crippen molar-refractivity contribution in [2.45, 2.75) is 38.5 Å². The van der Waals surface area contributed by atoms with Crippen LogP contribution in [-0.4, -0.2) is 35.4 Å². The van der Waals surface area contributed by atoms with Crippen LogP contribution in [0.25, 0.3) is 0 Å². The second-order valence-electron chi connectivity index (χ2n) is 7.74. The molecule has 0 saturated carbocycles. The molecular weight excluding hydrogens is 425 g/mol. The standard InChI is InChI=1S/C22H25F3N4O3/c23-22(24,25)18-7-8-19(20(13-18)29(31)32)26-10-9-21(30)27-14-16-3-5-17(6-4-16)15-28-11-1-2-12-28/h3-8,13,26H,1-2,9-12,14-15H2,(H,27,30). The Morgan fingerprint density at radius 1 is 1.06 bits per heavy atom. The van der Waals surface area contributed by atoms with Crippen molar-refractivity contribution in [1.82, 2.24) is 10.2 Å². The number of hydrogen-bond acceptors (Lipinski definition) is 5. The van der Waals surface area contributed by atoms with Crippen LogP contribution >= 0.6 is 0 Å². The molecule has 1 aliphatic heterocycles. The topological polar surface area (TPSA) is 87.5 Å². The summed E-state index contributed by atoms with van der Waals surface area (Å²) in [6.45, 7) is 3.58. The molecule has 3 rings (SSSR count). The van der Waals surface area contributed by atoms with Gasteiger partial charge in [0, 0.05) is 32.1 Å². The van der Waals surface area contributed by atoms with Crippen molar-refractivity contribution < 1.29 is 22.9 Å². The Balaban J connectivity index is 1.44. The third-order valence-corrected chi connectivity index (χ3v) is 5.31. The lowest BCUT2D eigenvalue weighted by molar-refractivity contribution is -0.384. The number of anilines is 1. The summed E-state index contributed by atoms with van der Waals surface area (Å²) in [7, 11) is 0. The minimum absolute atomic E-state index is 0.0191. The van der Waals surface area contributed by atoms with E-state index in [0.29, 0.717) is 12.6 Å². The average Bonchev–Trinajstić information content (AvgIpc) is 3.25. The molecule has 1 heterocycles. The van der Waals surface area contributed by atoms with Crippen LogP contribution in [0, 0.1) is 10.1 Å². The van der Waals surface area contributed by atoms with Gasteiger partial charge >= 0.3 is 6.18 Å². The largest absolute Gasteiger partial charge is 0.416 e. The maximum Gasteiger partial charge on any atom is 0.416 e. The number of halogens is 3. The highest BCUT2D eigenvalue weighted by Crippen LogP contribution is 2.34. The predicted molar refractivity (Wildman–Crippen MR) is 114 cm³/mol. The van der Waals surface area contributed by atoms with Gasteiger partial charge in [0.2, 0.25) is 5.91 Å². The first kappa shape index (κ1) is 23.5. The number of nitrogens with zero attached hydrogens (tertiary/aromatic N) is 2. The third-order valence-electron chi connectivity index (χ3n) is 5.31. The van der Waals surface area contributed by atoms with Crippen LogP contribution in [0.4, 0.5) is 24.5 Å². The lowest BCUT2D eigenvalue weighted by Gasteiger charge is -2.14. The van der Waals surface area contributed by atoms with E-state index in [1.165, 1.54) is 18.4 Å². The van der Waals surface area contributed by atoms with E-state index in [0.717, 1.165) is 37.3 Å². The molecule has 10 heteroatoms. The third kappa shape index (κ3) is 6.68. The Morgan fingerprint density at radius 3 is 2.34 bits per heavy atom. The number of likely N-dealkylation sites (tertiary alicyclic amines) is 1. The number of rotatable bonds is 9. The molecule has 2 aromatic rings. The molecule has 1 saturated heterocycles. The maximum absolute atomic E-state index is 12.8. The van der Waals surface area contributed by atoms with E-state index in [9.17, 15) is 28.1 Å². The van der Waals surface area contributed by atoms with E-state index >= 15 is 0 Å². The Bertz CT molecular complexity index is 942. The molecule has 0 radical (unpaired) electrons. The molecule has 1 fully saturated rings. The number of carbonyl (C=O) groups excluding carboxylic acids is 1. The maximum atomic E-state index is 12.8. The second-order valence-corrected chi connectivity index (χ2v) is 7.74. The highest BCUT2D eigenvalue weighted by molar-refractivity contribution is 5.76. The summed E-state index contributed by atoms with van der Waals surface area (Å²) in [5, 5.41) is 16.5. The lowest BCUT2D eigenvalue weighted by atomic mass is 10.1. The molecule has 1 aliphatic rings. The van der Waals surface area contributed by atoms with Crippen molar-refractivity contribution in [1.29, 1.82) is 0 Å². The average molecular weight is 450 g/mol. The second kappa shape index (κ2) is 10.4. The Labute approximate surface area is 183 Å². The predicted octanol–water partition coefficient (Wildman–Crippen LogP) is 4.33. The highest BCUT2D eigenvalue weighted by atomic mass is 19.4. The molecule has 0 aliphatic carbocycles. The van der Waals surface area contributed by atoms with Crippen molar-refractivity contribution >= 4 is 17.3 Å². The van der Waals surface area contributed by atoms with Crippen LogP contribution in [0.15, 0.2) is 42.5 Å². The van der Waals surface area contributed by atoms with Gasteiger partial charge in [0.15, 0.2) is 0 Å². The Hall–Kier alpha value is -3.14. The molecule has 0 aromatic heterocycles. The molecule has 2 N–H and O–H groups in total. The van der Waals surface area contributed by atoms with Crippen LogP contribution in [0.1, 0.15) is 36.0 Å². The van der Waals surface area contributed by atoms with Crippen molar-refractivity contribution in [3.05, 3.63) is 69.3 Å². The number of carbonyl (C=O) groups is 1. The van der Waals surface area contributed by atoms with E-state index < -0.39 is 22.4 Å². The quantitative estimate of drug-likeness (QED) is 0.439. The molecule has 32 heavy (non-hydrogen) atoms. The van der Waals surface area contributed by atoms with E-state index in [1.807, 2.05) is 24.3 Å². The fourth-order valence-corrected chi connectivity index (χ4v) is 3.57. The lowest BCUT2D eigenvalue weighted by Crippen LogP contribution is -2.25. The first-order valence-corrected chi connectivity index (χ1v) is 10.4. The van der Waals surface area contributed by atoms with Gasteiger partial charge in [-0.2, -0.15) is 13.2 Å². The van der Waals surface area contributed by atoms with Crippen molar-refractivity contribution in [3.63, 3.8) is 0 Å².